The molecule has 1 saturated carbocycles. The van der Waals surface area contributed by atoms with Crippen molar-refractivity contribution in [3.8, 4) is 0 Å². The molecule has 178 valence electrons. The first-order valence-corrected chi connectivity index (χ1v) is 12.5. The molecule has 2 unspecified atom stereocenters. The molecule has 0 radical (unpaired) electrons. The van der Waals surface area contributed by atoms with Crippen LogP contribution in [0.1, 0.15) is 59.8 Å². The second-order valence-corrected chi connectivity index (χ2v) is 10.7. The fourth-order valence-corrected chi connectivity index (χ4v) is 4.73. The van der Waals surface area contributed by atoms with Gasteiger partial charge >= 0.3 is 0 Å². The van der Waals surface area contributed by atoms with Crippen molar-refractivity contribution in [1.82, 2.24) is 10.2 Å². The Balaban J connectivity index is 2.02. The van der Waals surface area contributed by atoms with Crippen LogP contribution in [0, 0.1) is 5.82 Å². The number of carbonyl (C=O) groups excluding carboxylic acids is 3. The Kier molecular flexibility index (Phi) is 9.36. The van der Waals surface area contributed by atoms with E-state index in [1.807, 2.05) is 20.8 Å². The fraction of sp³-hybridized carbons (Fsp3) is 0.609. The van der Waals surface area contributed by atoms with Crippen molar-refractivity contribution in [1.29, 1.82) is 0 Å². The van der Waals surface area contributed by atoms with Crippen LogP contribution in [0.5, 0.6) is 0 Å². The molecule has 2 rings (SSSR count). The van der Waals surface area contributed by atoms with Gasteiger partial charge in [-0.2, -0.15) is 0 Å². The average molecular weight is 468 g/mol. The maximum atomic E-state index is 13.1. The number of benzene rings is 1. The molecular formula is C23H34FN3O4S. The van der Waals surface area contributed by atoms with Crippen molar-refractivity contribution < 1.29 is 23.0 Å². The van der Waals surface area contributed by atoms with Gasteiger partial charge in [0, 0.05) is 28.1 Å². The van der Waals surface area contributed by atoms with Crippen molar-refractivity contribution in [2.75, 3.05) is 16.8 Å². The molecule has 0 spiro atoms. The highest BCUT2D eigenvalue weighted by Gasteiger charge is 2.34. The van der Waals surface area contributed by atoms with E-state index in [9.17, 15) is 23.0 Å². The summed E-state index contributed by atoms with van der Waals surface area (Å²) in [6.45, 7) is 7.31. The third kappa shape index (κ3) is 8.33. The lowest BCUT2D eigenvalue weighted by molar-refractivity contribution is -0.142. The molecule has 3 amide bonds. The molecule has 1 fully saturated rings. The van der Waals surface area contributed by atoms with Crippen LogP contribution in [0.4, 0.5) is 10.1 Å². The third-order valence-corrected chi connectivity index (χ3v) is 6.41. The smallest absolute Gasteiger partial charge is 0.242 e. The Bertz CT molecular complexity index is 833. The van der Waals surface area contributed by atoms with Crippen molar-refractivity contribution in [2.45, 2.75) is 77.4 Å². The predicted molar refractivity (Wildman–Crippen MR) is 124 cm³/mol. The van der Waals surface area contributed by atoms with E-state index in [1.165, 1.54) is 24.3 Å². The summed E-state index contributed by atoms with van der Waals surface area (Å²) in [5.74, 6) is -2.28. The summed E-state index contributed by atoms with van der Waals surface area (Å²) in [6, 6.07) is 4.45. The number of amides is 3. The summed E-state index contributed by atoms with van der Waals surface area (Å²) in [5.41, 5.74) is -0.0514. The summed E-state index contributed by atoms with van der Waals surface area (Å²) in [4.78, 5) is 39.6. The van der Waals surface area contributed by atoms with Crippen LogP contribution in [0.3, 0.4) is 0 Å². The Hall–Kier alpha value is -2.29. The molecule has 1 aromatic carbocycles. The molecule has 32 heavy (non-hydrogen) atoms. The minimum Gasteiger partial charge on any atom is -0.350 e. The second-order valence-electron chi connectivity index (χ2n) is 9.29. The first kappa shape index (κ1) is 26.0. The first-order valence-electron chi connectivity index (χ1n) is 11.0. The number of rotatable bonds is 8. The molecule has 1 aromatic rings. The lowest BCUT2D eigenvalue weighted by atomic mass is 9.93. The number of hydrogen-bond acceptors (Lipinski definition) is 4. The summed E-state index contributed by atoms with van der Waals surface area (Å²) < 4.78 is 25.5. The molecular weight excluding hydrogens is 433 g/mol. The van der Waals surface area contributed by atoms with Crippen LogP contribution in [0.15, 0.2) is 24.3 Å². The largest absolute Gasteiger partial charge is 0.350 e. The minimum absolute atomic E-state index is 0.0815. The summed E-state index contributed by atoms with van der Waals surface area (Å²) in [6.07, 6.45) is 4.65. The average Bonchev–Trinajstić information content (AvgIpc) is 2.69. The van der Waals surface area contributed by atoms with Crippen LogP contribution in [-0.4, -0.2) is 56.0 Å². The van der Waals surface area contributed by atoms with Crippen LogP contribution in [0.2, 0.25) is 0 Å². The number of hydrogen-bond donors (Lipinski definition) is 2. The number of nitrogens with zero attached hydrogens (tertiary/aromatic N) is 1. The molecule has 0 aliphatic heterocycles. The summed E-state index contributed by atoms with van der Waals surface area (Å²) in [7, 11) is -1.74. The van der Waals surface area contributed by atoms with E-state index in [0.29, 0.717) is 5.69 Å². The molecule has 2 N–H and O–H groups in total. The van der Waals surface area contributed by atoms with E-state index in [0.717, 1.165) is 32.1 Å². The number of carbonyl (C=O) groups is 3. The van der Waals surface area contributed by atoms with Gasteiger partial charge in [-0.05, 0) is 64.8 Å². The third-order valence-electron chi connectivity index (χ3n) is 5.26. The molecule has 1 aliphatic rings. The van der Waals surface area contributed by atoms with Gasteiger partial charge in [0.25, 0.3) is 0 Å². The van der Waals surface area contributed by atoms with E-state index in [-0.39, 0.29) is 29.4 Å². The van der Waals surface area contributed by atoms with E-state index < -0.39 is 34.1 Å². The number of halogens is 1. The Morgan fingerprint density at radius 1 is 1.09 bits per heavy atom. The van der Waals surface area contributed by atoms with Crippen molar-refractivity contribution in [2.24, 2.45) is 0 Å². The standard InChI is InChI=1S/C23H34FN3O4S/c1-16(22(30)26-23(2,3)4)27(19-8-6-5-7-9-19)21(29)15-32(31)14-20(28)25-18-12-10-17(24)11-13-18/h10-13,16,19H,5-9,14-15H2,1-4H3,(H,25,28)(H,26,30). The maximum Gasteiger partial charge on any atom is 0.242 e. The fourth-order valence-electron chi connectivity index (χ4n) is 3.84. The van der Waals surface area contributed by atoms with Crippen molar-refractivity contribution in [3.63, 3.8) is 0 Å². The Morgan fingerprint density at radius 2 is 1.69 bits per heavy atom. The molecule has 0 saturated heterocycles. The van der Waals surface area contributed by atoms with Crippen LogP contribution >= 0.6 is 0 Å². The van der Waals surface area contributed by atoms with Gasteiger partial charge in [0.05, 0.1) is 0 Å². The van der Waals surface area contributed by atoms with Crippen LogP contribution in [-0.2, 0) is 25.2 Å². The number of nitrogens with one attached hydrogen (secondary N) is 2. The molecule has 1 aliphatic carbocycles. The van der Waals surface area contributed by atoms with Gasteiger partial charge in [-0.25, -0.2) is 4.39 Å². The highest BCUT2D eigenvalue weighted by molar-refractivity contribution is 7.86. The lowest BCUT2D eigenvalue weighted by Gasteiger charge is -2.39. The normalized spacial score (nSPS) is 16.7. The highest BCUT2D eigenvalue weighted by atomic mass is 32.2. The van der Waals surface area contributed by atoms with E-state index in [2.05, 4.69) is 10.6 Å². The van der Waals surface area contributed by atoms with Gasteiger partial charge in [-0.1, -0.05) is 19.3 Å². The van der Waals surface area contributed by atoms with E-state index in [1.54, 1.807) is 11.8 Å². The van der Waals surface area contributed by atoms with Crippen LogP contribution in [0.25, 0.3) is 0 Å². The SMILES string of the molecule is CC(C(=O)NC(C)(C)C)N(C(=O)CS(=O)CC(=O)Nc1ccc(F)cc1)C1CCCCC1. The zero-order chi connectivity index (χ0) is 23.9. The lowest BCUT2D eigenvalue weighted by Crippen LogP contribution is -2.56. The Labute approximate surface area is 192 Å². The monoisotopic (exact) mass is 467 g/mol. The summed E-state index contributed by atoms with van der Waals surface area (Å²) in [5, 5.41) is 5.46. The molecule has 0 heterocycles. The van der Waals surface area contributed by atoms with E-state index in [4.69, 9.17) is 0 Å². The maximum absolute atomic E-state index is 13.1. The van der Waals surface area contributed by atoms with Gasteiger partial charge in [0.15, 0.2) is 0 Å². The summed E-state index contributed by atoms with van der Waals surface area (Å²) >= 11 is 0. The molecule has 0 bridgehead atoms. The first-order chi connectivity index (χ1) is 15.0. The minimum atomic E-state index is -1.74. The van der Waals surface area contributed by atoms with Crippen molar-refractivity contribution in [3.05, 3.63) is 30.1 Å². The van der Waals surface area contributed by atoms with Gasteiger partial charge in [0.1, 0.15) is 23.4 Å². The molecule has 9 heteroatoms. The molecule has 0 aromatic heterocycles. The van der Waals surface area contributed by atoms with E-state index >= 15 is 0 Å². The zero-order valence-corrected chi connectivity index (χ0v) is 20.1. The predicted octanol–water partition coefficient (Wildman–Crippen LogP) is 2.98. The van der Waals surface area contributed by atoms with Gasteiger partial charge < -0.3 is 15.5 Å². The van der Waals surface area contributed by atoms with Gasteiger partial charge in [-0.15, -0.1) is 0 Å². The Morgan fingerprint density at radius 3 is 2.25 bits per heavy atom. The van der Waals surface area contributed by atoms with Gasteiger partial charge in [0.2, 0.25) is 17.7 Å². The second kappa shape index (κ2) is 11.5. The number of anilines is 1. The van der Waals surface area contributed by atoms with Gasteiger partial charge in [-0.3, -0.25) is 18.6 Å². The van der Waals surface area contributed by atoms with Crippen LogP contribution < -0.4 is 10.6 Å². The molecule has 7 nitrogen and oxygen atoms in total. The quantitative estimate of drug-likeness (QED) is 0.614. The highest BCUT2D eigenvalue weighted by Crippen LogP contribution is 2.25. The topological polar surface area (TPSA) is 95.6 Å². The molecule has 2 atom stereocenters. The van der Waals surface area contributed by atoms with Crippen molar-refractivity contribution >= 4 is 34.2 Å². The zero-order valence-electron chi connectivity index (χ0n) is 19.3.